The Morgan fingerprint density at radius 2 is 1.97 bits per heavy atom. The Morgan fingerprint density at radius 1 is 1.19 bits per heavy atom. The fraction of sp³-hybridized carbons (Fsp3) is 0.421. The summed E-state index contributed by atoms with van der Waals surface area (Å²) in [7, 11) is -4.16. The Bertz CT molecular complexity index is 1190. The Labute approximate surface area is 186 Å². The molecule has 0 spiro atoms. The lowest BCUT2D eigenvalue weighted by atomic mass is 10.2. The fourth-order valence-corrected chi connectivity index (χ4v) is 5.95. The van der Waals surface area contributed by atoms with E-state index >= 15 is 4.39 Å². The number of aliphatic hydroxyl groups excluding tert-OH is 1. The second-order valence-electron chi connectivity index (χ2n) is 7.52. The molecule has 31 heavy (non-hydrogen) atoms. The van der Waals surface area contributed by atoms with Gasteiger partial charge in [0.15, 0.2) is 0 Å². The van der Waals surface area contributed by atoms with E-state index in [1.54, 1.807) is 0 Å². The fourth-order valence-electron chi connectivity index (χ4n) is 4.09. The largest absolute Gasteiger partial charge is 0.395 e. The van der Waals surface area contributed by atoms with Crippen molar-refractivity contribution in [2.45, 2.75) is 38.3 Å². The second-order valence-corrected chi connectivity index (χ2v) is 10.1. The van der Waals surface area contributed by atoms with Crippen LogP contribution in [0, 0.1) is 11.6 Å². The van der Waals surface area contributed by atoms with E-state index in [1.165, 1.54) is 22.8 Å². The van der Waals surface area contributed by atoms with E-state index in [0.29, 0.717) is 35.8 Å². The van der Waals surface area contributed by atoms with E-state index < -0.39 is 39.1 Å². The van der Waals surface area contributed by atoms with Gasteiger partial charge in [-0.25, -0.2) is 4.39 Å². The van der Waals surface area contributed by atoms with Gasteiger partial charge < -0.3 is 15.0 Å². The van der Waals surface area contributed by atoms with Crippen LogP contribution in [0.3, 0.4) is 0 Å². The van der Waals surface area contributed by atoms with E-state index in [4.69, 9.17) is 0 Å². The maximum absolute atomic E-state index is 15.1. The number of nitrogens with zero attached hydrogens (tertiary/aromatic N) is 2. The third kappa shape index (κ3) is 4.09. The van der Waals surface area contributed by atoms with Gasteiger partial charge in [0.05, 0.1) is 18.0 Å². The molecule has 1 fully saturated rings. The highest BCUT2D eigenvalue weighted by molar-refractivity contribution is 9.10. The van der Waals surface area contributed by atoms with Crippen LogP contribution in [-0.2, 0) is 23.2 Å². The van der Waals surface area contributed by atoms with Crippen molar-refractivity contribution in [3.63, 3.8) is 0 Å². The van der Waals surface area contributed by atoms with Gasteiger partial charge in [-0.1, -0.05) is 15.9 Å². The molecule has 3 heterocycles. The number of anilines is 3. The highest BCUT2D eigenvalue weighted by Crippen LogP contribution is 2.36. The van der Waals surface area contributed by atoms with E-state index in [-0.39, 0.29) is 31.1 Å². The maximum atomic E-state index is 15.1. The Balaban J connectivity index is 1.82. The average molecular weight is 519 g/mol. The monoisotopic (exact) mass is 518 g/mol. The Hall–Kier alpha value is -2.02. The van der Waals surface area contributed by atoms with Crippen LogP contribution in [0.15, 0.2) is 27.5 Å². The first-order valence-corrected chi connectivity index (χ1v) is 12.0. The summed E-state index contributed by atoms with van der Waals surface area (Å²) in [6.07, 6.45) is 1.99. The molecule has 0 aliphatic carbocycles. The molecule has 1 atom stereocenters. The molecule has 2 aliphatic rings. The van der Waals surface area contributed by atoms with E-state index in [9.17, 15) is 22.7 Å². The standard InChI is InChI=1S/C19H21BrF2N4O4S/c20-11-5-6-14(13(21)9-11)23-18-16(22)19(28)25-7-2-4-15(25)17(18)24-31(29,30)26-8-1-3-12(26)10-27/h5-6,9,12,23-24,27H,1-4,7-8,10H2. The van der Waals surface area contributed by atoms with Crippen LogP contribution < -0.4 is 15.6 Å². The summed E-state index contributed by atoms with van der Waals surface area (Å²) in [5.74, 6) is -1.91. The SMILES string of the molecule is O=c1c(F)c(Nc2ccc(Br)cc2F)c(NS(=O)(=O)N2CCCC2CO)c2n1CCC2. The van der Waals surface area contributed by atoms with E-state index in [1.807, 2.05) is 0 Å². The molecule has 0 bridgehead atoms. The van der Waals surface area contributed by atoms with Crippen molar-refractivity contribution in [3.8, 4) is 0 Å². The molecule has 1 saturated heterocycles. The van der Waals surface area contributed by atoms with E-state index in [0.717, 1.165) is 4.31 Å². The van der Waals surface area contributed by atoms with Crippen molar-refractivity contribution in [1.29, 1.82) is 0 Å². The quantitative estimate of drug-likeness (QED) is 0.545. The molecule has 2 aromatic rings. The number of hydrogen-bond acceptors (Lipinski definition) is 5. The normalized spacial score (nSPS) is 18.9. The van der Waals surface area contributed by atoms with Crippen molar-refractivity contribution >= 4 is 43.2 Å². The topological polar surface area (TPSA) is 104 Å². The predicted octanol–water partition coefficient (Wildman–Crippen LogP) is 2.69. The number of fused-ring (bicyclic) bond motifs is 1. The molecule has 1 unspecified atom stereocenters. The van der Waals surface area contributed by atoms with Crippen molar-refractivity contribution < 1.29 is 22.3 Å². The van der Waals surface area contributed by atoms with Gasteiger partial charge >= 0.3 is 10.2 Å². The number of pyridine rings is 1. The third-order valence-corrected chi connectivity index (χ3v) is 7.63. The minimum atomic E-state index is -4.16. The van der Waals surface area contributed by atoms with Gasteiger partial charge in [-0.15, -0.1) is 0 Å². The molecule has 3 N–H and O–H groups in total. The van der Waals surface area contributed by atoms with Gasteiger partial charge in [0.1, 0.15) is 11.5 Å². The van der Waals surface area contributed by atoms with Crippen LogP contribution >= 0.6 is 15.9 Å². The summed E-state index contributed by atoms with van der Waals surface area (Å²) in [6.45, 7) is 0.134. The highest BCUT2D eigenvalue weighted by Gasteiger charge is 2.36. The van der Waals surface area contributed by atoms with Gasteiger partial charge in [-0.05, 0) is 43.9 Å². The number of benzene rings is 1. The number of rotatable bonds is 6. The molecular weight excluding hydrogens is 498 g/mol. The minimum absolute atomic E-state index is 0.112. The zero-order valence-corrected chi connectivity index (χ0v) is 18.8. The lowest BCUT2D eigenvalue weighted by molar-refractivity contribution is 0.214. The van der Waals surface area contributed by atoms with E-state index in [2.05, 4.69) is 26.0 Å². The van der Waals surface area contributed by atoms with Crippen LogP contribution in [0.5, 0.6) is 0 Å². The molecule has 0 amide bonds. The second kappa shape index (κ2) is 8.49. The predicted molar refractivity (Wildman–Crippen MR) is 116 cm³/mol. The molecular formula is C19H21BrF2N4O4S. The molecule has 1 aromatic carbocycles. The highest BCUT2D eigenvalue weighted by atomic mass is 79.9. The molecule has 1 aromatic heterocycles. The molecule has 2 aliphatic heterocycles. The molecule has 168 valence electrons. The van der Waals surface area contributed by atoms with Gasteiger partial charge in [-0.3, -0.25) is 9.52 Å². The molecule has 8 nitrogen and oxygen atoms in total. The maximum Gasteiger partial charge on any atom is 0.302 e. The summed E-state index contributed by atoms with van der Waals surface area (Å²) < 4.78 is 60.8. The first kappa shape index (κ1) is 22.2. The van der Waals surface area contributed by atoms with Crippen LogP contribution in [0.4, 0.5) is 25.8 Å². The third-order valence-electron chi connectivity index (χ3n) is 5.58. The molecule has 12 heteroatoms. The number of hydrogen-bond donors (Lipinski definition) is 3. The van der Waals surface area contributed by atoms with Gasteiger partial charge in [0.2, 0.25) is 5.82 Å². The smallest absolute Gasteiger partial charge is 0.302 e. The zero-order valence-electron chi connectivity index (χ0n) is 16.4. The van der Waals surface area contributed by atoms with Crippen molar-refractivity contribution in [1.82, 2.24) is 8.87 Å². The van der Waals surface area contributed by atoms with Gasteiger partial charge in [0, 0.05) is 29.3 Å². The van der Waals surface area contributed by atoms with Crippen molar-refractivity contribution in [2.24, 2.45) is 0 Å². The summed E-state index contributed by atoms with van der Waals surface area (Å²) in [5.41, 5.74) is -1.23. The number of aromatic nitrogens is 1. The lowest BCUT2D eigenvalue weighted by Gasteiger charge is -2.25. The van der Waals surface area contributed by atoms with Crippen LogP contribution in [-0.4, -0.2) is 41.6 Å². The van der Waals surface area contributed by atoms with Gasteiger partial charge in [0.25, 0.3) is 5.56 Å². The van der Waals surface area contributed by atoms with Gasteiger partial charge in [-0.2, -0.15) is 17.1 Å². The zero-order chi connectivity index (χ0) is 22.3. The van der Waals surface area contributed by atoms with Crippen molar-refractivity contribution in [2.75, 3.05) is 23.2 Å². The average Bonchev–Trinajstić information content (AvgIpc) is 3.40. The van der Waals surface area contributed by atoms with Crippen LogP contribution in [0.25, 0.3) is 0 Å². The number of halogens is 3. The first-order valence-electron chi connectivity index (χ1n) is 9.80. The summed E-state index contributed by atoms with van der Waals surface area (Å²) in [5, 5.41) is 12.1. The number of nitrogens with one attached hydrogen (secondary N) is 2. The summed E-state index contributed by atoms with van der Waals surface area (Å²) >= 11 is 3.14. The van der Waals surface area contributed by atoms with Crippen LogP contribution in [0.2, 0.25) is 0 Å². The summed E-state index contributed by atoms with van der Waals surface area (Å²) in [6, 6.07) is 3.47. The van der Waals surface area contributed by atoms with Crippen LogP contribution in [0.1, 0.15) is 25.0 Å². The lowest BCUT2D eigenvalue weighted by Crippen LogP contribution is -2.41. The molecule has 0 saturated carbocycles. The number of aliphatic hydroxyl groups is 1. The summed E-state index contributed by atoms with van der Waals surface area (Å²) in [4.78, 5) is 12.5. The van der Waals surface area contributed by atoms with Crippen molar-refractivity contribution in [3.05, 3.63) is 50.4 Å². The molecule has 4 rings (SSSR count). The molecule has 0 radical (unpaired) electrons. The minimum Gasteiger partial charge on any atom is -0.395 e. The Morgan fingerprint density at radius 3 is 2.68 bits per heavy atom. The first-order chi connectivity index (χ1) is 14.7. The Kier molecular flexibility index (Phi) is 6.08.